The Kier molecular flexibility index (Phi) is 4.30. The van der Waals surface area contributed by atoms with E-state index in [2.05, 4.69) is 61.8 Å². The Bertz CT molecular complexity index is 789. The molecule has 0 radical (unpaired) electrons. The maximum Gasteiger partial charge on any atom is 0.133 e. The smallest absolute Gasteiger partial charge is 0.133 e. The molecular weight excluding hydrogens is 310 g/mol. The number of hydrogen-bond donors (Lipinski definition) is 1. The molecule has 0 saturated carbocycles. The highest BCUT2D eigenvalue weighted by Gasteiger charge is 2.35. The maximum absolute atomic E-state index is 4.93. The van der Waals surface area contributed by atoms with Crippen molar-refractivity contribution in [3.8, 4) is 0 Å². The van der Waals surface area contributed by atoms with Gasteiger partial charge in [-0.15, -0.1) is 0 Å². The van der Waals surface area contributed by atoms with Crippen LogP contribution in [0, 0.1) is 19.3 Å². The summed E-state index contributed by atoms with van der Waals surface area (Å²) >= 11 is 0. The second-order valence-corrected chi connectivity index (χ2v) is 9.02. The number of hydrogen-bond acceptors (Lipinski definition) is 5. The SMILES string of the molecule is Cc1ncnc(N[C@@H]2CC(C)(C)Cc3nc(C(C)(C)C)ncc32)c1C. The molecular formula is C20H29N5. The van der Waals surface area contributed by atoms with Crippen LogP contribution in [0.4, 0.5) is 5.82 Å². The second-order valence-electron chi connectivity index (χ2n) is 9.02. The quantitative estimate of drug-likeness (QED) is 0.883. The van der Waals surface area contributed by atoms with Gasteiger partial charge in [0.25, 0.3) is 0 Å². The molecule has 0 amide bonds. The molecule has 0 spiro atoms. The summed E-state index contributed by atoms with van der Waals surface area (Å²) in [5, 5.41) is 3.63. The van der Waals surface area contributed by atoms with Gasteiger partial charge in [-0.1, -0.05) is 34.6 Å². The van der Waals surface area contributed by atoms with Crippen LogP contribution >= 0.6 is 0 Å². The number of aryl methyl sites for hydroxylation is 1. The van der Waals surface area contributed by atoms with Gasteiger partial charge in [-0.3, -0.25) is 0 Å². The minimum Gasteiger partial charge on any atom is -0.363 e. The van der Waals surface area contributed by atoms with E-state index < -0.39 is 0 Å². The Morgan fingerprint density at radius 2 is 1.84 bits per heavy atom. The van der Waals surface area contributed by atoms with E-state index in [-0.39, 0.29) is 16.9 Å². The Balaban J connectivity index is 2.00. The summed E-state index contributed by atoms with van der Waals surface area (Å²) in [7, 11) is 0. The molecule has 2 aromatic rings. The van der Waals surface area contributed by atoms with Crippen LogP contribution in [-0.2, 0) is 11.8 Å². The van der Waals surface area contributed by atoms with E-state index in [4.69, 9.17) is 4.98 Å². The van der Waals surface area contributed by atoms with Crippen molar-refractivity contribution in [2.45, 2.75) is 72.8 Å². The third-order valence-electron chi connectivity index (χ3n) is 5.00. The van der Waals surface area contributed by atoms with E-state index in [1.165, 1.54) is 5.56 Å². The van der Waals surface area contributed by atoms with Crippen molar-refractivity contribution in [2.24, 2.45) is 5.41 Å². The molecule has 0 aliphatic heterocycles. The predicted octanol–water partition coefficient (Wildman–Crippen LogP) is 4.31. The normalized spacial score (nSPS) is 19.4. The molecule has 1 aliphatic carbocycles. The Labute approximate surface area is 150 Å². The molecule has 0 fully saturated rings. The molecule has 3 rings (SSSR count). The molecule has 1 N–H and O–H groups in total. The fraction of sp³-hybridized carbons (Fsp3) is 0.600. The second kappa shape index (κ2) is 6.04. The fourth-order valence-electron chi connectivity index (χ4n) is 3.39. The zero-order valence-corrected chi connectivity index (χ0v) is 16.4. The van der Waals surface area contributed by atoms with Gasteiger partial charge >= 0.3 is 0 Å². The molecule has 1 atom stereocenters. The van der Waals surface area contributed by atoms with Crippen LogP contribution in [0.5, 0.6) is 0 Å². The molecule has 25 heavy (non-hydrogen) atoms. The Hall–Kier alpha value is -2.04. The monoisotopic (exact) mass is 339 g/mol. The third-order valence-corrected chi connectivity index (χ3v) is 5.00. The van der Waals surface area contributed by atoms with E-state index in [1.807, 2.05) is 13.1 Å². The molecule has 5 heteroatoms. The minimum atomic E-state index is -0.0418. The first-order valence-corrected chi connectivity index (χ1v) is 8.98. The van der Waals surface area contributed by atoms with Crippen LogP contribution in [0.15, 0.2) is 12.5 Å². The van der Waals surface area contributed by atoms with Crippen LogP contribution in [0.2, 0.25) is 0 Å². The van der Waals surface area contributed by atoms with E-state index >= 15 is 0 Å². The topological polar surface area (TPSA) is 63.6 Å². The summed E-state index contributed by atoms with van der Waals surface area (Å²) < 4.78 is 0. The molecule has 1 aliphatic rings. The highest BCUT2D eigenvalue weighted by molar-refractivity contribution is 5.47. The fourth-order valence-corrected chi connectivity index (χ4v) is 3.39. The number of fused-ring (bicyclic) bond motifs is 1. The number of aromatic nitrogens is 4. The lowest BCUT2D eigenvalue weighted by Gasteiger charge is -2.37. The van der Waals surface area contributed by atoms with Gasteiger partial charge in [0, 0.05) is 34.1 Å². The maximum atomic E-state index is 4.93. The van der Waals surface area contributed by atoms with Gasteiger partial charge in [0.05, 0.1) is 6.04 Å². The van der Waals surface area contributed by atoms with Crippen molar-refractivity contribution in [2.75, 3.05) is 5.32 Å². The zero-order valence-electron chi connectivity index (χ0n) is 16.4. The summed E-state index contributed by atoms with van der Waals surface area (Å²) in [5.41, 5.74) is 4.61. The summed E-state index contributed by atoms with van der Waals surface area (Å²) in [6.07, 6.45) is 5.65. The molecule has 134 valence electrons. The lowest BCUT2D eigenvalue weighted by atomic mass is 9.74. The van der Waals surface area contributed by atoms with E-state index in [9.17, 15) is 0 Å². The van der Waals surface area contributed by atoms with Crippen molar-refractivity contribution >= 4 is 5.82 Å². The van der Waals surface area contributed by atoms with E-state index in [0.717, 1.165) is 41.4 Å². The third kappa shape index (κ3) is 3.65. The van der Waals surface area contributed by atoms with Crippen LogP contribution in [0.1, 0.15) is 75.4 Å². The van der Waals surface area contributed by atoms with Gasteiger partial charge < -0.3 is 5.32 Å². The first-order valence-electron chi connectivity index (χ1n) is 8.98. The minimum absolute atomic E-state index is 0.0418. The Morgan fingerprint density at radius 3 is 2.52 bits per heavy atom. The molecule has 0 saturated heterocycles. The highest BCUT2D eigenvalue weighted by atomic mass is 15.1. The summed E-state index contributed by atoms with van der Waals surface area (Å²) in [6.45, 7) is 15.2. The number of nitrogens with one attached hydrogen (secondary N) is 1. The van der Waals surface area contributed by atoms with Crippen LogP contribution < -0.4 is 5.32 Å². The highest BCUT2D eigenvalue weighted by Crippen LogP contribution is 2.41. The average Bonchev–Trinajstić information content (AvgIpc) is 2.49. The van der Waals surface area contributed by atoms with E-state index in [1.54, 1.807) is 6.33 Å². The molecule has 2 heterocycles. The Morgan fingerprint density at radius 1 is 1.12 bits per heavy atom. The van der Waals surface area contributed by atoms with Crippen molar-refractivity contribution in [3.05, 3.63) is 40.9 Å². The van der Waals surface area contributed by atoms with Crippen LogP contribution in [0.3, 0.4) is 0 Å². The largest absolute Gasteiger partial charge is 0.363 e. The summed E-state index contributed by atoms with van der Waals surface area (Å²) in [4.78, 5) is 18.3. The standard InChI is InChI=1S/C20H29N5/c1-12-13(2)22-11-23-17(12)24-15-8-20(6,7)9-16-14(15)10-21-18(25-16)19(3,4)5/h10-11,15H,8-9H2,1-7H3,(H,22,23,24)/t15-/m1/s1. The number of rotatable bonds is 2. The predicted molar refractivity (Wildman–Crippen MR) is 101 cm³/mol. The number of anilines is 1. The first kappa shape index (κ1) is 17.8. The summed E-state index contributed by atoms with van der Waals surface area (Å²) in [6, 6.07) is 0.167. The van der Waals surface area contributed by atoms with Gasteiger partial charge in [0.2, 0.25) is 0 Å². The summed E-state index contributed by atoms with van der Waals surface area (Å²) in [5.74, 6) is 1.82. The molecule has 2 aromatic heterocycles. The van der Waals surface area contributed by atoms with Gasteiger partial charge in [-0.2, -0.15) is 0 Å². The lowest BCUT2D eigenvalue weighted by Crippen LogP contribution is -2.32. The first-order chi connectivity index (χ1) is 11.6. The van der Waals surface area contributed by atoms with Crippen molar-refractivity contribution in [3.63, 3.8) is 0 Å². The van der Waals surface area contributed by atoms with Gasteiger partial charge in [0.1, 0.15) is 18.0 Å². The average molecular weight is 339 g/mol. The molecule has 0 aromatic carbocycles. The number of nitrogens with zero attached hydrogens (tertiary/aromatic N) is 4. The van der Waals surface area contributed by atoms with Crippen molar-refractivity contribution < 1.29 is 0 Å². The zero-order chi connectivity index (χ0) is 18.4. The van der Waals surface area contributed by atoms with Crippen molar-refractivity contribution in [1.29, 1.82) is 0 Å². The molecule has 5 nitrogen and oxygen atoms in total. The van der Waals surface area contributed by atoms with Gasteiger partial charge in [-0.25, -0.2) is 19.9 Å². The van der Waals surface area contributed by atoms with E-state index in [0.29, 0.717) is 0 Å². The molecule has 0 unspecified atom stereocenters. The van der Waals surface area contributed by atoms with Gasteiger partial charge in [0.15, 0.2) is 0 Å². The van der Waals surface area contributed by atoms with Crippen molar-refractivity contribution in [1.82, 2.24) is 19.9 Å². The lowest BCUT2D eigenvalue weighted by molar-refractivity contribution is 0.284. The van der Waals surface area contributed by atoms with Crippen LogP contribution in [-0.4, -0.2) is 19.9 Å². The van der Waals surface area contributed by atoms with Crippen LogP contribution in [0.25, 0.3) is 0 Å². The molecule has 0 bridgehead atoms. The van der Waals surface area contributed by atoms with Gasteiger partial charge in [-0.05, 0) is 32.1 Å².